The first kappa shape index (κ1) is 10.4. The molecule has 0 aromatic rings. The maximum absolute atomic E-state index is 8.86. The summed E-state index contributed by atoms with van der Waals surface area (Å²) in [5.41, 5.74) is 5.98. The highest BCUT2D eigenvalue weighted by molar-refractivity contribution is 5.08. The third-order valence-electron chi connectivity index (χ3n) is 3.80. The third kappa shape index (κ3) is 1.56. The minimum absolute atomic E-state index is 0.0826. The zero-order valence-electron chi connectivity index (χ0n) is 8.71. The Balaban J connectivity index is 2.03. The first-order chi connectivity index (χ1) is 6.82. The fourth-order valence-electron chi connectivity index (χ4n) is 3.05. The van der Waals surface area contributed by atoms with Gasteiger partial charge in [-0.3, -0.25) is 4.90 Å². The minimum atomic E-state index is 0.0826. The van der Waals surface area contributed by atoms with E-state index in [4.69, 9.17) is 10.8 Å². The van der Waals surface area contributed by atoms with Crippen molar-refractivity contribution in [1.29, 1.82) is 0 Å². The van der Waals surface area contributed by atoms with Crippen LogP contribution in [0.3, 0.4) is 0 Å². The van der Waals surface area contributed by atoms with Crippen molar-refractivity contribution in [1.82, 2.24) is 10.2 Å². The molecule has 0 aromatic heterocycles. The van der Waals surface area contributed by atoms with E-state index in [1.54, 1.807) is 0 Å². The van der Waals surface area contributed by atoms with Crippen molar-refractivity contribution in [3.63, 3.8) is 0 Å². The maximum Gasteiger partial charge on any atom is 0.0556 e. The summed E-state index contributed by atoms with van der Waals surface area (Å²) in [4.78, 5) is 2.54. The van der Waals surface area contributed by atoms with Gasteiger partial charge in [-0.15, -0.1) is 0 Å². The van der Waals surface area contributed by atoms with Crippen molar-refractivity contribution < 1.29 is 5.11 Å². The lowest BCUT2D eigenvalue weighted by atomic mass is 9.88. The Morgan fingerprint density at radius 2 is 2.36 bits per heavy atom. The molecule has 0 aliphatic carbocycles. The van der Waals surface area contributed by atoms with Crippen molar-refractivity contribution in [3.05, 3.63) is 0 Å². The van der Waals surface area contributed by atoms with Crippen LogP contribution in [-0.4, -0.2) is 54.4 Å². The predicted molar refractivity (Wildman–Crippen MR) is 56.1 cm³/mol. The lowest BCUT2D eigenvalue weighted by Gasteiger charge is -2.35. The predicted octanol–water partition coefficient (Wildman–Crippen LogP) is -0.866. The molecule has 2 atom stereocenters. The smallest absolute Gasteiger partial charge is 0.0556 e. The van der Waals surface area contributed by atoms with Crippen LogP contribution in [0.15, 0.2) is 0 Å². The van der Waals surface area contributed by atoms with Crippen LogP contribution in [0.4, 0.5) is 0 Å². The van der Waals surface area contributed by atoms with Crippen LogP contribution in [0.2, 0.25) is 0 Å². The topological polar surface area (TPSA) is 61.5 Å². The van der Waals surface area contributed by atoms with E-state index in [2.05, 4.69) is 10.2 Å². The number of nitrogens with two attached hydrogens (primary N) is 1. The number of fused-ring (bicyclic) bond motifs is 1. The molecular weight excluding hydrogens is 178 g/mol. The number of β-amino-alcohol motifs (C(OH)–C–C–N with tert-alkyl or cyclic N) is 1. The lowest BCUT2D eigenvalue weighted by molar-refractivity contribution is 0.207. The van der Waals surface area contributed by atoms with Gasteiger partial charge in [-0.25, -0.2) is 0 Å². The van der Waals surface area contributed by atoms with Crippen molar-refractivity contribution in [2.24, 2.45) is 5.73 Å². The van der Waals surface area contributed by atoms with Crippen LogP contribution in [0.25, 0.3) is 0 Å². The van der Waals surface area contributed by atoms with E-state index >= 15 is 0 Å². The van der Waals surface area contributed by atoms with Crippen LogP contribution in [0, 0.1) is 0 Å². The third-order valence-corrected chi connectivity index (χ3v) is 3.80. The van der Waals surface area contributed by atoms with E-state index in [1.165, 1.54) is 25.9 Å². The summed E-state index contributed by atoms with van der Waals surface area (Å²) in [5, 5.41) is 12.3. The van der Waals surface area contributed by atoms with E-state index in [0.29, 0.717) is 19.1 Å². The number of rotatable bonds is 4. The number of nitrogens with one attached hydrogen (secondary N) is 1. The second-order valence-corrected chi connectivity index (χ2v) is 4.45. The van der Waals surface area contributed by atoms with Gasteiger partial charge in [-0.2, -0.15) is 0 Å². The highest BCUT2D eigenvalue weighted by Gasteiger charge is 2.47. The summed E-state index contributed by atoms with van der Waals surface area (Å²) in [7, 11) is 0. The standard InChI is InChI=1S/C10H21N3O/c11-8-10(12-4-7-14)3-6-13-5-1-2-9(10)13/h9,12,14H,1-8,11H2. The van der Waals surface area contributed by atoms with Crippen LogP contribution in [-0.2, 0) is 0 Å². The van der Waals surface area contributed by atoms with E-state index in [0.717, 1.165) is 6.42 Å². The highest BCUT2D eigenvalue weighted by Crippen LogP contribution is 2.35. The molecule has 2 saturated heterocycles. The number of aliphatic hydroxyl groups is 1. The van der Waals surface area contributed by atoms with Crippen LogP contribution in [0.5, 0.6) is 0 Å². The quantitative estimate of drug-likeness (QED) is 0.551. The molecule has 4 N–H and O–H groups in total. The molecule has 0 bridgehead atoms. The molecule has 2 rings (SSSR count). The van der Waals surface area contributed by atoms with Crippen molar-refractivity contribution in [2.45, 2.75) is 30.8 Å². The Labute approximate surface area is 85.5 Å². The maximum atomic E-state index is 8.86. The molecule has 2 aliphatic heterocycles. The summed E-state index contributed by atoms with van der Waals surface area (Å²) >= 11 is 0. The molecule has 2 fully saturated rings. The lowest BCUT2D eigenvalue weighted by Crippen LogP contribution is -2.58. The number of hydrogen-bond acceptors (Lipinski definition) is 4. The van der Waals surface area contributed by atoms with Gasteiger partial charge >= 0.3 is 0 Å². The molecule has 2 aliphatic rings. The Bertz CT molecular complexity index is 200. The van der Waals surface area contributed by atoms with Crippen LogP contribution >= 0.6 is 0 Å². The molecule has 82 valence electrons. The fraction of sp³-hybridized carbons (Fsp3) is 1.00. The van der Waals surface area contributed by atoms with E-state index in [9.17, 15) is 0 Å². The molecule has 0 amide bonds. The molecule has 0 radical (unpaired) electrons. The average molecular weight is 199 g/mol. The van der Waals surface area contributed by atoms with E-state index in [1.807, 2.05) is 0 Å². The Kier molecular flexibility index (Phi) is 3.07. The minimum Gasteiger partial charge on any atom is -0.395 e. The largest absolute Gasteiger partial charge is 0.395 e. The first-order valence-corrected chi connectivity index (χ1v) is 5.62. The SMILES string of the molecule is NCC1(NCCO)CCN2CCCC21. The monoisotopic (exact) mass is 199 g/mol. The fourth-order valence-corrected chi connectivity index (χ4v) is 3.05. The number of aliphatic hydroxyl groups excluding tert-OH is 1. The van der Waals surface area contributed by atoms with Gasteiger partial charge in [0.1, 0.15) is 0 Å². The highest BCUT2D eigenvalue weighted by atomic mass is 16.3. The molecule has 0 spiro atoms. The molecule has 2 heterocycles. The molecule has 4 nitrogen and oxygen atoms in total. The van der Waals surface area contributed by atoms with Crippen molar-refractivity contribution in [2.75, 3.05) is 32.8 Å². The summed E-state index contributed by atoms with van der Waals surface area (Å²) in [5.74, 6) is 0. The van der Waals surface area contributed by atoms with Gasteiger partial charge in [-0.1, -0.05) is 0 Å². The summed E-state index contributed by atoms with van der Waals surface area (Å²) in [6.07, 6.45) is 3.69. The van der Waals surface area contributed by atoms with Gasteiger partial charge in [0.25, 0.3) is 0 Å². The zero-order valence-corrected chi connectivity index (χ0v) is 8.71. The molecular formula is C10H21N3O. The van der Waals surface area contributed by atoms with Crippen LogP contribution < -0.4 is 11.1 Å². The van der Waals surface area contributed by atoms with Gasteiger partial charge in [0.15, 0.2) is 0 Å². The van der Waals surface area contributed by atoms with E-state index in [-0.39, 0.29) is 12.1 Å². The number of nitrogens with zero attached hydrogens (tertiary/aromatic N) is 1. The van der Waals surface area contributed by atoms with Gasteiger partial charge in [0, 0.05) is 31.2 Å². The Hall–Kier alpha value is -0.160. The Morgan fingerprint density at radius 1 is 1.50 bits per heavy atom. The molecule has 2 unspecified atom stereocenters. The molecule has 4 heteroatoms. The van der Waals surface area contributed by atoms with Gasteiger partial charge in [-0.05, 0) is 25.8 Å². The summed E-state index contributed by atoms with van der Waals surface area (Å²) in [6, 6.07) is 0.610. The van der Waals surface area contributed by atoms with Gasteiger partial charge in [0.2, 0.25) is 0 Å². The second kappa shape index (κ2) is 4.14. The normalized spacial score (nSPS) is 37.7. The second-order valence-electron chi connectivity index (χ2n) is 4.45. The van der Waals surface area contributed by atoms with Gasteiger partial charge < -0.3 is 16.2 Å². The van der Waals surface area contributed by atoms with Crippen molar-refractivity contribution in [3.8, 4) is 0 Å². The molecule has 0 aromatic carbocycles. The van der Waals surface area contributed by atoms with Gasteiger partial charge in [0.05, 0.1) is 6.61 Å². The summed E-state index contributed by atoms with van der Waals surface area (Å²) in [6.45, 7) is 3.96. The first-order valence-electron chi connectivity index (χ1n) is 5.62. The Morgan fingerprint density at radius 3 is 3.07 bits per heavy atom. The van der Waals surface area contributed by atoms with Crippen LogP contribution in [0.1, 0.15) is 19.3 Å². The van der Waals surface area contributed by atoms with E-state index < -0.39 is 0 Å². The number of hydrogen-bond donors (Lipinski definition) is 3. The zero-order chi connectivity index (χ0) is 10.0. The molecule has 0 saturated carbocycles. The molecule has 14 heavy (non-hydrogen) atoms. The van der Waals surface area contributed by atoms with Crippen molar-refractivity contribution >= 4 is 0 Å². The average Bonchev–Trinajstić information content (AvgIpc) is 2.77. The summed E-state index contributed by atoms with van der Waals surface area (Å²) < 4.78 is 0.